The zero-order valence-electron chi connectivity index (χ0n) is 19.1. The van der Waals surface area contributed by atoms with Gasteiger partial charge in [0.05, 0.1) is 17.5 Å². The first kappa shape index (κ1) is 24.2. The quantitative estimate of drug-likeness (QED) is 0.618. The van der Waals surface area contributed by atoms with E-state index in [1.165, 1.54) is 0 Å². The largest absolute Gasteiger partial charge is 0.494 e. The van der Waals surface area contributed by atoms with Crippen LogP contribution in [0, 0.1) is 0 Å². The standard InChI is InChI=1S/C24H33N3O4S/c1-4-31-22-12-8-20(9-13-22)18-26(3)19(2)24(28)25-21-10-14-23(15-11-21)32(29,30)27-16-6-5-7-17-27/h8-15,19H,4-7,16-18H2,1-3H3,(H,25,28). The first-order valence-electron chi connectivity index (χ1n) is 11.1. The summed E-state index contributed by atoms with van der Waals surface area (Å²) < 4.78 is 32.6. The van der Waals surface area contributed by atoms with Crippen molar-refractivity contribution in [3.05, 3.63) is 54.1 Å². The minimum atomic E-state index is -3.48. The second-order valence-electron chi connectivity index (χ2n) is 8.15. The number of benzene rings is 2. The van der Waals surface area contributed by atoms with Crippen LogP contribution in [0.4, 0.5) is 5.69 Å². The van der Waals surface area contributed by atoms with Crippen LogP contribution in [0.3, 0.4) is 0 Å². The van der Waals surface area contributed by atoms with Crippen molar-refractivity contribution in [3.8, 4) is 5.75 Å². The van der Waals surface area contributed by atoms with E-state index in [2.05, 4.69) is 5.32 Å². The van der Waals surface area contributed by atoms with Gasteiger partial charge in [-0.1, -0.05) is 18.6 Å². The van der Waals surface area contributed by atoms with E-state index in [1.807, 2.05) is 50.1 Å². The molecule has 1 aliphatic heterocycles. The minimum absolute atomic E-state index is 0.148. The van der Waals surface area contributed by atoms with E-state index >= 15 is 0 Å². The molecule has 0 aliphatic carbocycles. The van der Waals surface area contributed by atoms with Crippen molar-refractivity contribution in [1.29, 1.82) is 0 Å². The zero-order valence-corrected chi connectivity index (χ0v) is 19.9. The van der Waals surface area contributed by atoms with Gasteiger partial charge < -0.3 is 10.1 Å². The van der Waals surface area contributed by atoms with Crippen LogP contribution < -0.4 is 10.1 Å². The Bertz CT molecular complexity index is 985. The van der Waals surface area contributed by atoms with Crippen LogP contribution in [0.2, 0.25) is 0 Å². The predicted octanol–water partition coefficient (Wildman–Crippen LogP) is 3.72. The van der Waals surface area contributed by atoms with Crippen LogP contribution in [0.1, 0.15) is 38.7 Å². The average molecular weight is 460 g/mol. The number of piperidine rings is 1. The highest BCUT2D eigenvalue weighted by atomic mass is 32.2. The molecule has 0 spiro atoms. The third-order valence-electron chi connectivity index (χ3n) is 5.78. The third-order valence-corrected chi connectivity index (χ3v) is 7.69. The van der Waals surface area contributed by atoms with Gasteiger partial charge in [0, 0.05) is 25.3 Å². The Kier molecular flexibility index (Phi) is 8.28. The monoisotopic (exact) mass is 459 g/mol. The molecule has 3 rings (SSSR count). The number of sulfonamides is 1. The number of nitrogens with zero attached hydrogens (tertiary/aromatic N) is 2. The zero-order chi connectivity index (χ0) is 23.1. The van der Waals surface area contributed by atoms with Crippen LogP contribution in [0.25, 0.3) is 0 Å². The molecule has 174 valence electrons. The molecule has 1 aliphatic rings. The van der Waals surface area contributed by atoms with Crippen LogP contribution in [-0.4, -0.2) is 56.3 Å². The Morgan fingerprint density at radius 3 is 2.28 bits per heavy atom. The number of likely N-dealkylation sites (N-methyl/N-ethyl adjacent to an activating group) is 1. The second-order valence-corrected chi connectivity index (χ2v) is 10.1. The van der Waals surface area contributed by atoms with E-state index in [1.54, 1.807) is 28.6 Å². The molecule has 1 atom stereocenters. The second kappa shape index (κ2) is 10.9. The van der Waals surface area contributed by atoms with Crippen LogP contribution in [0.15, 0.2) is 53.4 Å². The molecule has 1 fully saturated rings. The van der Waals surface area contributed by atoms with Crippen molar-refractivity contribution in [2.75, 3.05) is 32.1 Å². The number of amides is 1. The average Bonchev–Trinajstić information content (AvgIpc) is 2.81. The van der Waals surface area contributed by atoms with Gasteiger partial charge in [0.1, 0.15) is 5.75 Å². The molecule has 0 aromatic heterocycles. The number of hydrogen-bond acceptors (Lipinski definition) is 5. The van der Waals surface area contributed by atoms with E-state index in [4.69, 9.17) is 4.74 Å². The Labute approximate surface area is 191 Å². The molecular weight excluding hydrogens is 426 g/mol. The number of anilines is 1. The maximum absolute atomic E-state index is 12.8. The van der Waals surface area contributed by atoms with E-state index < -0.39 is 10.0 Å². The number of hydrogen-bond donors (Lipinski definition) is 1. The number of nitrogens with one attached hydrogen (secondary N) is 1. The predicted molar refractivity (Wildman–Crippen MR) is 126 cm³/mol. The van der Waals surface area contributed by atoms with Crippen molar-refractivity contribution in [1.82, 2.24) is 9.21 Å². The lowest BCUT2D eigenvalue weighted by atomic mass is 10.1. The highest BCUT2D eigenvalue weighted by Gasteiger charge is 2.26. The summed E-state index contributed by atoms with van der Waals surface area (Å²) in [7, 11) is -1.58. The minimum Gasteiger partial charge on any atom is -0.494 e. The summed E-state index contributed by atoms with van der Waals surface area (Å²) >= 11 is 0. The van der Waals surface area contributed by atoms with Gasteiger partial charge in [-0.2, -0.15) is 4.31 Å². The van der Waals surface area contributed by atoms with Crippen LogP contribution in [-0.2, 0) is 21.4 Å². The first-order chi connectivity index (χ1) is 15.3. The molecule has 1 N–H and O–H groups in total. The molecule has 1 heterocycles. The van der Waals surface area contributed by atoms with Crippen LogP contribution in [0.5, 0.6) is 5.75 Å². The number of carbonyl (C=O) groups excluding carboxylic acids is 1. The van der Waals surface area contributed by atoms with E-state index in [0.29, 0.717) is 31.9 Å². The van der Waals surface area contributed by atoms with Crippen molar-refractivity contribution in [2.24, 2.45) is 0 Å². The van der Waals surface area contributed by atoms with Crippen molar-refractivity contribution in [3.63, 3.8) is 0 Å². The fraction of sp³-hybridized carbons (Fsp3) is 0.458. The van der Waals surface area contributed by atoms with Gasteiger partial charge in [0.25, 0.3) is 0 Å². The summed E-state index contributed by atoms with van der Waals surface area (Å²) in [5, 5.41) is 2.88. The lowest BCUT2D eigenvalue weighted by Crippen LogP contribution is -2.39. The molecule has 32 heavy (non-hydrogen) atoms. The number of ether oxygens (including phenoxy) is 1. The Hall–Kier alpha value is -2.42. The molecule has 7 nitrogen and oxygen atoms in total. The highest BCUT2D eigenvalue weighted by Crippen LogP contribution is 2.22. The molecular formula is C24H33N3O4S. The summed E-state index contributed by atoms with van der Waals surface area (Å²) in [5.41, 5.74) is 1.66. The molecule has 0 radical (unpaired) electrons. The van der Waals surface area contributed by atoms with E-state index in [-0.39, 0.29) is 16.8 Å². The Balaban J connectivity index is 1.57. The fourth-order valence-corrected chi connectivity index (χ4v) is 5.21. The Morgan fingerprint density at radius 2 is 1.69 bits per heavy atom. The summed E-state index contributed by atoms with van der Waals surface area (Å²) in [5.74, 6) is 0.681. The summed E-state index contributed by atoms with van der Waals surface area (Å²) in [6, 6.07) is 13.9. The van der Waals surface area contributed by atoms with Gasteiger partial charge in [0.15, 0.2) is 0 Å². The van der Waals surface area contributed by atoms with E-state index in [9.17, 15) is 13.2 Å². The molecule has 2 aromatic rings. The topological polar surface area (TPSA) is 79.0 Å². The van der Waals surface area contributed by atoms with Gasteiger partial charge in [0.2, 0.25) is 15.9 Å². The normalized spacial score (nSPS) is 16.0. The van der Waals surface area contributed by atoms with E-state index in [0.717, 1.165) is 30.6 Å². The third kappa shape index (κ3) is 6.09. The van der Waals surface area contributed by atoms with Crippen molar-refractivity contribution < 1.29 is 17.9 Å². The van der Waals surface area contributed by atoms with Crippen LogP contribution >= 0.6 is 0 Å². The first-order valence-corrected chi connectivity index (χ1v) is 12.6. The van der Waals surface area contributed by atoms with Gasteiger partial charge in [-0.3, -0.25) is 9.69 Å². The lowest BCUT2D eigenvalue weighted by molar-refractivity contribution is -0.120. The highest BCUT2D eigenvalue weighted by molar-refractivity contribution is 7.89. The molecule has 2 aromatic carbocycles. The molecule has 1 unspecified atom stereocenters. The summed E-state index contributed by atoms with van der Waals surface area (Å²) in [6.07, 6.45) is 2.87. The van der Waals surface area contributed by atoms with Crippen molar-refractivity contribution in [2.45, 2.75) is 50.6 Å². The Morgan fingerprint density at radius 1 is 1.06 bits per heavy atom. The molecule has 0 saturated carbocycles. The van der Waals surface area contributed by atoms with Crippen molar-refractivity contribution >= 4 is 21.6 Å². The molecule has 1 amide bonds. The lowest BCUT2D eigenvalue weighted by Gasteiger charge is -2.26. The number of carbonyl (C=O) groups is 1. The smallest absolute Gasteiger partial charge is 0.243 e. The molecule has 0 bridgehead atoms. The van der Waals surface area contributed by atoms with Gasteiger partial charge in [-0.25, -0.2) is 8.42 Å². The summed E-state index contributed by atoms with van der Waals surface area (Å²) in [6.45, 7) is 6.18. The molecule has 1 saturated heterocycles. The number of rotatable bonds is 9. The van der Waals surface area contributed by atoms with Gasteiger partial charge in [-0.15, -0.1) is 0 Å². The van der Waals surface area contributed by atoms with Gasteiger partial charge in [-0.05, 0) is 75.7 Å². The maximum atomic E-state index is 12.8. The fourth-order valence-electron chi connectivity index (χ4n) is 3.69. The maximum Gasteiger partial charge on any atom is 0.243 e. The molecule has 8 heteroatoms. The van der Waals surface area contributed by atoms with Gasteiger partial charge >= 0.3 is 0 Å². The summed E-state index contributed by atoms with van der Waals surface area (Å²) in [4.78, 5) is 14.9. The SMILES string of the molecule is CCOc1ccc(CN(C)C(C)C(=O)Nc2ccc(S(=O)(=O)N3CCCCC3)cc2)cc1.